The van der Waals surface area contributed by atoms with E-state index in [0.29, 0.717) is 6.67 Å². The first-order valence-electron chi connectivity index (χ1n) is 8.84. The Hall–Kier alpha value is -3.11. The summed E-state index contributed by atoms with van der Waals surface area (Å²) >= 11 is 0. The summed E-state index contributed by atoms with van der Waals surface area (Å²) in [5.41, 5.74) is 7.06. The van der Waals surface area contributed by atoms with E-state index in [-0.39, 0.29) is 16.1 Å². The van der Waals surface area contributed by atoms with Gasteiger partial charge in [0.05, 0.1) is 16.2 Å². The fourth-order valence-corrected chi connectivity index (χ4v) is 3.50. The molecule has 2 heterocycles. The summed E-state index contributed by atoms with van der Waals surface area (Å²) in [6.45, 7) is 5.18. The highest BCUT2D eigenvalue weighted by Gasteiger charge is 2.43. The van der Waals surface area contributed by atoms with Gasteiger partial charge in [-0.1, -0.05) is 18.2 Å². The second-order valence-electron chi connectivity index (χ2n) is 7.37. The van der Waals surface area contributed by atoms with Gasteiger partial charge < -0.3 is 17.3 Å². The van der Waals surface area contributed by atoms with E-state index >= 15 is 0 Å². The fourth-order valence-electron chi connectivity index (χ4n) is 3.50. The summed E-state index contributed by atoms with van der Waals surface area (Å²) in [6.07, 6.45) is 0.989. The van der Waals surface area contributed by atoms with Crippen LogP contribution in [0.25, 0.3) is 0 Å². The minimum Gasteiger partial charge on any atom is -0.418 e. The van der Waals surface area contributed by atoms with E-state index in [1.807, 2.05) is 5.01 Å². The van der Waals surface area contributed by atoms with E-state index in [0.717, 1.165) is 17.9 Å². The molecule has 11 heteroatoms. The number of anilines is 1. The van der Waals surface area contributed by atoms with Gasteiger partial charge in [-0.25, -0.2) is 4.58 Å². The van der Waals surface area contributed by atoms with Gasteiger partial charge in [-0.15, -0.1) is 0 Å². The van der Waals surface area contributed by atoms with E-state index in [1.54, 1.807) is 12.1 Å². The Bertz CT molecular complexity index is 955. The normalized spacial score (nSPS) is 17.0. The molecule has 0 spiro atoms. The Morgan fingerprint density at radius 2 is 1.69 bits per heavy atom. The minimum atomic E-state index is -6.00. The highest BCUT2D eigenvalue weighted by molar-refractivity contribution is 6.50. The molecule has 0 fully saturated rings. The third kappa shape index (κ3) is 4.66. The standard InChI is InChI=1S/C18H18N4O2.BF4/c1-18(2)11-13-5-3-4-6-16(13)17-19-21(12-20(17)18)14-7-9-15(10-8-14)22(23)24;2-1(3,4)5/h3-10H,11-12H2,1-2H3;/q;-1/p+1. The Labute approximate surface area is 164 Å². The van der Waals surface area contributed by atoms with Crippen molar-refractivity contribution >= 4 is 24.5 Å². The van der Waals surface area contributed by atoms with Crippen LogP contribution in [0.1, 0.15) is 25.0 Å². The lowest BCUT2D eigenvalue weighted by atomic mass is 9.87. The SMILES string of the molecule is CC1(C)Cc2ccccc2C2=[N+]1CN(c1ccc([N+](=O)[O-])cc1)N2.F[B-](F)(F)F. The molecule has 2 aromatic rings. The molecule has 2 aromatic carbocycles. The number of hydrogen-bond acceptors (Lipinski definition) is 4. The molecule has 4 rings (SSSR count). The van der Waals surface area contributed by atoms with Gasteiger partial charge in [-0.2, -0.15) is 10.4 Å². The number of hydrogen-bond donors (Lipinski definition) is 1. The number of fused-ring (bicyclic) bond motifs is 2. The quantitative estimate of drug-likeness (QED) is 0.268. The number of benzene rings is 2. The Balaban J connectivity index is 0.000000431. The van der Waals surface area contributed by atoms with Gasteiger partial charge >= 0.3 is 13.1 Å². The second-order valence-corrected chi connectivity index (χ2v) is 7.37. The molecule has 0 aliphatic carbocycles. The van der Waals surface area contributed by atoms with Crippen LogP contribution in [0, 0.1) is 10.1 Å². The maximum atomic E-state index is 10.8. The Morgan fingerprint density at radius 1 is 1.10 bits per heavy atom. The highest BCUT2D eigenvalue weighted by atomic mass is 19.5. The van der Waals surface area contributed by atoms with Crippen molar-refractivity contribution in [3.05, 3.63) is 69.8 Å². The van der Waals surface area contributed by atoms with Crippen LogP contribution < -0.4 is 10.4 Å². The predicted molar refractivity (Wildman–Crippen MR) is 102 cm³/mol. The first-order valence-corrected chi connectivity index (χ1v) is 8.84. The molecule has 0 amide bonds. The topological polar surface area (TPSA) is 61.4 Å². The molecular weight excluding hydrogens is 391 g/mol. The summed E-state index contributed by atoms with van der Waals surface area (Å²) in [6, 6.07) is 15.1. The van der Waals surface area contributed by atoms with Crippen LogP contribution in [-0.4, -0.2) is 34.8 Å². The molecular formula is C18H19BF4N4O2. The smallest absolute Gasteiger partial charge is 0.418 e. The molecule has 0 saturated carbocycles. The molecule has 0 unspecified atom stereocenters. The van der Waals surface area contributed by atoms with Gasteiger partial charge in [0.1, 0.15) is 5.54 Å². The molecule has 29 heavy (non-hydrogen) atoms. The van der Waals surface area contributed by atoms with Crippen molar-refractivity contribution in [2.45, 2.75) is 25.8 Å². The van der Waals surface area contributed by atoms with Crippen molar-refractivity contribution in [3.8, 4) is 0 Å². The average Bonchev–Trinajstić information content (AvgIpc) is 3.07. The largest absolute Gasteiger partial charge is 0.673 e. The summed E-state index contributed by atoms with van der Waals surface area (Å²) in [5, 5.41) is 12.9. The molecule has 0 atom stereocenters. The lowest BCUT2D eigenvalue weighted by Crippen LogP contribution is -2.45. The van der Waals surface area contributed by atoms with Crippen molar-refractivity contribution < 1.29 is 26.8 Å². The van der Waals surface area contributed by atoms with E-state index < -0.39 is 7.25 Å². The first kappa shape index (κ1) is 20.6. The number of non-ortho nitro benzene ring substituents is 1. The molecule has 6 nitrogen and oxygen atoms in total. The van der Waals surface area contributed by atoms with Gasteiger partial charge in [-0.05, 0) is 37.6 Å². The molecule has 154 valence electrons. The molecule has 2 aliphatic heterocycles. The zero-order valence-electron chi connectivity index (χ0n) is 15.8. The first-order chi connectivity index (χ1) is 13.5. The number of nitrogens with one attached hydrogen (secondary N) is 1. The Kier molecular flexibility index (Phi) is 5.25. The number of nitrogens with zero attached hydrogens (tertiary/aromatic N) is 3. The molecule has 0 saturated heterocycles. The number of halogens is 4. The van der Waals surface area contributed by atoms with E-state index in [9.17, 15) is 27.4 Å². The highest BCUT2D eigenvalue weighted by Crippen LogP contribution is 2.30. The summed E-state index contributed by atoms with van der Waals surface area (Å²) in [7, 11) is -6.00. The van der Waals surface area contributed by atoms with Gasteiger partial charge in [0.15, 0.2) is 6.67 Å². The number of nitro benzene ring substituents is 1. The van der Waals surface area contributed by atoms with Gasteiger partial charge in [0, 0.05) is 18.6 Å². The molecule has 0 aromatic heterocycles. The van der Waals surface area contributed by atoms with Crippen LogP contribution in [0.2, 0.25) is 0 Å². The predicted octanol–water partition coefficient (Wildman–Crippen LogP) is 3.97. The van der Waals surface area contributed by atoms with E-state index in [4.69, 9.17) is 0 Å². The van der Waals surface area contributed by atoms with Crippen molar-refractivity contribution in [1.82, 2.24) is 5.43 Å². The number of nitro groups is 1. The molecule has 0 bridgehead atoms. The second kappa shape index (κ2) is 7.38. The molecule has 0 radical (unpaired) electrons. The average molecular weight is 410 g/mol. The summed E-state index contributed by atoms with van der Waals surface area (Å²) < 4.78 is 41.4. The summed E-state index contributed by atoms with van der Waals surface area (Å²) in [5.74, 6) is 1.10. The number of rotatable bonds is 2. The maximum Gasteiger partial charge on any atom is 0.673 e. The Morgan fingerprint density at radius 3 is 2.28 bits per heavy atom. The summed E-state index contributed by atoms with van der Waals surface area (Å²) in [4.78, 5) is 10.4. The van der Waals surface area contributed by atoms with Crippen molar-refractivity contribution in [2.24, 2.45) is 0 Å². The molecule has 1 N–H and O–H groups in total. The van der Waals surface area contributed by atoms with Crippen LogP contribution in [0.3, 0.4) is 0 Å². The van der Waals surface area contributed by atoms with Crippen molar-refractivity contribution in [2.75, 3.05) is 11.7 Å². The van der Waals surface area contributed by atoms with Gasteiger partial charge in [-0.3, -0.25) is 10.1 Å². The van der Waals surface area contributed by atoms with Crippen LogP contribution >= 0.6 is 0 Å². The zero-order valence-corrected chi connectivity index (χ0v) is 15.8. The number of amidine groups is 1. The monoisotopic (exact) mass is 410 g/mol. The van der Waals surface area contributed by atoms with Crippen LogP contribution in [0.4, 0.5) is 28.6 Å². The van der Waals surface area contributed by atoms with Crippen molar-refractivity contribution in [3.63, 3.8) is 0 Å². The third-order valence-electron chi connectivity index (χ3n) is 4.79. The molecule has 2 aliphatic rings. The van der Waals surface area contributed by atoms with Crippen LogP contribution in [-0.2, 0) is 6.42 Å². The van der Waals surface area contributed by atoms with Crippen molar-refractivity contribution in [1.29, 1.82) is 0 Å². The fraction of sp³-hybridized carbons (Fsp3) is 0.278. The van der Waals surface area contributed by atoms with E-state index in [1.165, 1.54) is 23.3 Å². The van der Waals surface area contributed by atoms with Gasteiger partial charge in [0.2, 0.25) is 0 Å². The third-order valence-corrected chi connectivity index (χ3v) is 4.79. The lowest BCUT2D eigenvalue weighted by Gasteiger charge is -2.29. The van der Waals surface area contributed by atoms with Gasteiger partial charge in [0.25, 0.3) is 5.69 Å². The van der Waals surface area contributed by atoms with Crippen LogP contribution in [0.5, 0.6) is 0 Å². The zero-order chi connectivity index (χ0) is 21.4. The minimum absolute atomic E-state index is 0.00616. The van der Waals surface area contributed by atoms with Crippen LogP contribution in [0.15, 0.2) is 48.5 Å². The maximum absolute atomic E-state index is 10.8. The van der Waals surface area contributed by atoms with E-state index in [2.05, 4.69) is 48.1 Å². The number of hydrazine groups is 1. The lowest BCUT2D eigenvalue weighted by molar-refractivity contribution is -0.595.